The summed E-state index contributed by atoms with van der Waals surface area (Å²) >= 11 is 0. The summed E-state index contributed by atoms with van der Waals surface area (Å²) in [7, 11) is 0. The zero-order chi connectivity index (χ0) is 16.4. The Morgan fingerprint density at radius 1 is 1.21 bits per heavy atom. The standard InChI is InChI=1S/C19H19N3O2/c23-19(20-12-15-4-3-11-24-15)14-9-7-13(8-10-14)18-21-16-5-1-2-6-17(16)22-18/h1-2,5-10,15H,3-4,11-12H2,(H,20,23)(H,21,22)/t15-/m1/s1. The number of hydrogen-bond acceptors (Lipinski definition) is 3. The summed E-state index contributed by atoms with van der Waals surface area (Å²) in [6.45, 7) is 1.37. The van der Waals surface area contributed by atoms with E-state index in [2.05, 4.69) is 15.3 Å². The van der Waals surface area contributed by atoms with Gasteiger partial charge in [0.25, 0.3) is 5.91 Å². The Labute approximate surface area is 140 Å². The molecule has 5 heteroatoms. The molecule has 0 spiro atoms. The molecule has 5 nitrogen and oxygen atoms in total. The monoisotopic (exact) mass is 321 g/mol. The first-order valence-electron chi connectivity index (χ1n) is 8.24. The highest BCUT2D eigenvalue weighted by Gasteiger charge is 2.16. The number of carbonyl (C=O) groups excluding carboxylic acids is 1. The van der Waals surface area contributed by atoms with E-state index in [0.29, 0.717) is 12.1 Å². The molecule has 122 valence electrons. The van der Waals surface area contributed by atoms with Crippen molar-refractivity contribution in [1.29, 1.82) is 0 Å². The Morgan fingerprint density at radius 3 is 2.79 bits per heavy atom. The Hall–Kier alpha value is -2.66. The molecule has 4 rings (SSSR count). The van der Waals surface area contributed by atoms with Crippen molar-refractivity contribution in [1.82, 2.24) is 15.3 Å². The lowest BCUT2D eigenvalue weighted by molar-refractivity contribution is 0.0858. The Kier molecular flexibility index (Phi) is 4.01. The zero-order valence-electron chi connectivity index (χ0n) is 13.3. The molecule has 1 aliphatic rings. The Balaban J connectivity index is 1.46. The molecule has 1 saturated heterocycles. The molecule has 1 fully saturated rings. The van der Waals surface area contributed by atoms with E-state index in [1.165, 1.54) is 0 Å². The van der Waals surface area contributed by atoms with Crippen LogP contribution in [-0.4, -0.2) is 35.1 Å². The van der Waals surface area contributed by atoms with Crippen LogP contribution in [0.2, 0.25) is 0 Å². The van der Waals surface area contributed by atoms with Gasteiger partial charge in [-0.15, -0.1) is 0 Å². The summed E-state index contributed by atoms with van der Waals surface area (Å²) in [5, 5.41) is 2.93. The highest BCUT2D eigenvalue weighted by Crippen LogP contribution is 2.20. The molecule has 1 aromatic heterocycles. The van der Waals surface area contributed by atoms with Crippen LogP contribution in [0, 0.1) is 0 Å². The maximum atomic E-state index is 12.2. The average Bonchev–Trinajstić information content (AvgIpc) is 3.29. The van der Waals surface area contributed by atoms with Crippen LogP contribution in [0.3, 0.4) is 0 Å². The van der Waals surface area contributed by atoms with E-state index in [1.807, 2.05) is 48.5 Å². The normalized spacial score (nSPS) is 17.2. The molecule has 0 unspecified atom stereocenters. The lowest BCUT2D eigenvalue weighted by Crippen LogP contribution is -2.31. The van der Waals surface area contributed by atoms with Crippen molar-refractivity contribution in [3.63, 3.8) is 0 Å². The lowest BCUT2D eigenvalue weighted by Gasteiger charge is -2.10. The first kappa shape index (κ1) is 14.9. The van der Waals surface area contributed by atoms with Gasteiger partial charge in [-0.3, -0.25) is 4.79 Å². The Bertz CT molecular complexity index is 815. The van der Waals surface area contributed by atoms with Crippen molar-refractivity contribution in [3.8, 4) is 11.4 Å². The number of nitrogens with one attached hydrogen (secondary N) is 2. The number of hydrogen-bond donors (Lipinski definition) is 2. The van der Waals surface area contributed by atoms with Crippen molar-refractivity contribution < 1.29 is 9.53 Å². The van der Waals surface area contributed by atoms with Crippen LogP contribution in [-0.2, 0) is 4.74 Å². The molecule has 0 bridgehead atoms. The van der Waals surface area contributed by atoms with E-state index >= 15 is 0 Å². The van der Waals surface area contributed by atoms with Crippen LogP contribution in [0.1, 0.15) is 23.2 Å². The first-order valence-corrected chi connectivity index (χ1v) is 8.24. The lowest BCUT2D eigenvalue weighted by atomic mass is 10.1. The summed E-state index contributed by atoms with van der Waals surface area (Å²) < 4.78 is 5.52. The van der Waals surface area contributed by atoms with Gasteiger partial charge in [-0.2, -0.15) is 0 Å². The molecule has 2 N–H and O–H groups in total. The second kappa shape index (κ2) is 6.45. The minimum absolute atomic E-state index is 0.0679. The fraction of sp³-hybridized carbons (Fsp3) is 0.263. The number of aromatic nitrogens is 2. The molecule has 0 aliphatic carbocycles. The number of H-pyrrole nitrogens is 1. The minimum atomic E-state index is -0.0679. The third-order valence-electron chi connectivity index (χ3n) is 4.32. The summed E-state index contributed by atoms with van der Waals surface area (Å²) in [5.41, 5.74) is 3.55. The van der Waals surface area contributed by atoms with E-state index in [0.717, 1.165) is 41.9 Å². The summed E-state index contributed by atoms with van der Waals surface area (Å²) in [6, 6.07) is 15.4. The van der Waals surface area contributed by atoms with E-state index in [1.54, 1.807) is 0 Å². The van der Waals surface area contributed by atoms with Gasteiger partial charge in [-0.05, 0) is 37.1 Å². The predicted molar refractivity (Wildman–Crippen MR) is 92.8 cm³/mol. The zero-order valence-corrected chi connectivity index (χ0v) is 13.3. The first-order chi connectivity index (χ1) is 11.8. The topological polar surface area (TPSA) is 67.0 Å². The molecule has 3 aromatic rings. The highest BCUT2D eigenvalue weighted by molar-refractivity contribution is 5.94. The molecule has 0 radical (unpaired) electrons. The van der Waals surface area contributed by atoms with Crippen LogP contribution in [0.4, 0.5) is 0 Å². The van der Waals surface area contributed by atoms with Gasteiger partial charge in [0.1, 0.15) is 5.82 Å². The van der Waals surface area contributed by atoms with E-state index < -0.39 is 0 Å². The predicted octanol–water partition coefficient (Wildman–Crippen LogP) is 3.14. The number of ether oxygens (including phenoxy) is 1. The van der Waals surface area contributed by atoms with Crippen molar-refractivity contribution in [3.05, 3.63) is 54.1 Å². The van der Waals surface area contributed by atoms with Gasteiger partial charge in [-0.25, -0.2) is 4.98 Å². The van der Waals surface area contributed by atoms with E-state index in [9.17, 15) is 4.79 Å². The van der Waals surface area contributed by atoms with Gasteiger partial charge in [0.05, 0.1) is 17.1 Å². The van der Waals surface area contributed by atoms with Gasteiger partial charge >= 0.3 is 0 Å². The third-order valence-corrected chi connectivity index (χ3v) is 4.32. The summed E-state index contributed by atoms with van der Waals surface area (Å²) in [6.07, 6.45) is 2.25. The molecule has 1 amide bonds. The van der Waals surface area contributed by atoms with E-state index in [4.69, 9.17) is 4.74 Å². The average molecular weight is 321 g/mol. The van der Waals surface area contributed by atoms with Crippen LogP contribution >= 0.6 is 0 Å². The van der Waals surface area contributed by atoms with Crippen LogP contribution in [0.25, 0.3) is 22.4 Å². The molecule has 2 heterocycles. The smallest absolute Gasteiger partial charge is 0.251 e. The molecule has 24 heavy (non-hydrogen) atoms. The van der Waals surface area contributed by atoms with Gasteiger partial charge in [0.2, 0.25) is 0 Å². The second-order valence-corrected chi connectivity index (χ2v) is 6.02. The number of rotatable bonds is 4. The van der Waals surface area contributed by atoms with Gasteiger partial charge in [-0.1, -0.05) is 24.3 Å². The number of imidazole rings is 1. The summed E-state index contributed by atoms with van der Waals surface area (Å²) in [4.78, 5) is 20.1. The highest BCUT2D eigenvalue weighted by atomic mass is 16.5. The van der Waals surface area contributed by atoms with Gasteiger partial charge in [0, 0.05) is 24.3 Å². The van der Waals surface area contributed by atoms with E-state index in [-0.39, 0.29) is 12.0 Å². The molecule has 0 saturated carbocycles. The van der Waals surface area contributed by atoms with Crippen molar-refractivity contribution >= 4 is 16.9 Å². The van der Waals surface area contributed by atoms with Crippen molar-refractivity contribution in [2.75, 3.05) is 13.2 Å². The molecular weight excluding hydrogens is 302 g/mol. The summed E-state index contributed by atoms with van der Waals surface area (Å²) in [5.74, 6) is 0.740. The van der Waals surface area contributed by atoms with Crippen LogP contribution in [0.5, 0.6) is 0 Å². The SMILES string of the molecule is O=C(NC[C@H]1CCCO1)c1ccc(-c2nc3ccccc3[nH]2)cc1. The number of para-hydroxylation sites is 2. The van der Waals surface area contributed by atoms with Gasteiger partial charge < -0.3 is 15.0 Å². The van der Waals surface area contributed by atoms with Crippen LogP contribution in [0.15, 0.2) is 48.5 Å². The van der Waals surface area contributed by atoms with Crippen molar-refractivity contribution in [2.45, 2.75) is 18.9 Å². The third kappa shape index (κ3) is 3.03. The number of fused-ring (bicyclic) bond motifs is 1. The van der Waals surface area contributed by atoms with Crippen LogP contribution < -0.4 is 5.32 Å². The number of carbonyl (C=O) groups is 1. The number of benzene rings is 2. The fourth-order valence-electron chi connectivity index (χ4n) is 2.98. The van der Waals surface area contributed by atoms with Gasteiger partial charge in [0.15, 0.2) is 0 Å². The fourth-order valence-corrected chi connectivity index (χ4v) is 2.98. The van der Waals surface area contributed by atoms with Crippen molar-refractivity contribution in [2.24, 2.45) is 0 Å². The Morgan fingerprint density at radius 2 is 2.04 bits per heavy atom. The number of aromatic amines is 1. The number of amides is 1. The molecular formula is C19H19N3O2. The quantitative estimate of drug-likeness (QED) is 0.776. The molecule has 1 aliphatic heterocycles. The maximum Gasteiger partial charge on any atom is 0.251 e. The molecule has 2 aromatic carbocycles. The number of nitrogens with zero attached hydrogens (tertiary/aromatic N) is 1. The second-order valence-electron chi connectivity index (χ2n) is 6.02. The minimum Gasteiger partial charge on any atom is -0.376 e. The largest absolute Gasteiger partial charge is 0.376 e. The maximum absolute atomic E-state index is 12.2. The molecule has 1 atom stereocenters.